The van der Waals surface area contributed by atoms with Gasteiger partial charge in [0.15, 0.2) is 0 Å². The maximum atomic E-state index is 13.6. The summed E-state index contributed by atoms with van der Waals surface area (Å²) in [6, 6.07) is 16.8. The lowest BCUT2D eigenvalue weighted by Gasteiger charge is -2.30. The second-order valence-corrected chi connectivity index (χ2v) is 10.9. The average molecular weight is 460 g/mol. The van der Waals surface area contributed by atoms with E-state index >= 15 is 0 Å². The summed E-state index contributed by atoms with van der Waals surface area (Å²) in [6.45, 7) is 9.61. The van der Waals surface area contributed by atoms with Gasteiger partial charge in [0, 0.05) is 42.7 Å². The number of carbonyl (C=O) groups is 2. The molecule has 180 valence electrons. The standard InChI is InChI=1S/C29H37N3O2/c1-21-9-11-22(12-10-21)19-31(16-15-23-18-30-26-8-6-5-7-25(23)26)28(34)20-32(24-13-14-24)27(33)17-29(2,3)4/h5-12,18,24,30H,13-17,19-20H2,1-4H3. The van der Waals surface area contributed by atoms with E-state index in [2.05, 4.69) is 69.1 Å². The quantitative estimate of drug-likeness (QED) is 0.461. The molecule has 0 bridgehead atoms. The SMILES string of the molecule is Cc1ccc(CN(CCc2c[nH]c3ccccc23)C(=O)CN(C(=O)CC(C)(C)C)C2CC2)cc1. The number of aromatic nitrogens is 1. The van der Waals surface area contributed by atoms with Crippen LogP contribution in [0.1, 0.15) is 56.7 Å². The summed E-state index contributed by atoms with van der Waals surface area (Å²) in [5.41, 5.74) is 4.54. The number of hydrogen-bond donors (Lipinski definition) is 1. The van der Waals surface area contributed by atoms with Gasteiger partial charge < -0.3 is 14.8 Å². The molecule has 0 atom stereocenters. The van der Waals surface area contributed by atoms with Gasteiger partial charge in [-0.3, -0.25) is 9.59 Å². The van der Waals surface area contributed by atoms with Crippen molar-refractivity contribution in [3.05, 3.63) is 71.4 Å². The Morgan fingerprint density at radius 1 is 1.00 bits per heavy atom. The molecule has 34 heavy (non-hydrogen) atoms. The predicted molar refractivity (Wildman–Crippen MR) is 137 cm³/mol. The maximum absolute atomic E-state index is 13.6. The number of carbonyl (C=O) groups excluding carboxylic acids is 2. The van der Waals surface area contributed by atoms with Gasteiger partial charge in [-0.1, -0.05) is 68.8 Å². The average Bonchev–Trinajstić information content (AvgIpc) is 3.54. The first-order chi connectivity index (χ1) is 16.2. The van der Waals surface area contributed by atoms with E-state index in [4.69, 9.17) is 0 Å². The van der Waals surface area contributed by atoms with Crippen LogP contribution in [0.4, 0.5) is 0 Å². The minimum absolute atomic E-state index is 0.0228. The molecule has 2 amide bonds. The maximum Gasteiger partial charge on any atom is 0.242 e. The molecule has 0 radical (unpaired) electrons. The Morgan fingerprint density at radius 3 is 2.38 bits per heavy atom. The number of para-hydroxylation sites is 1. The van der Waals surface area contributed by atoms with Gasteiger partial charge in [0.2, 0.25) is 11.8 Å². The normalized spacial score (nSPS) is 13.8. The summed E-state index contributed by atoms with van der Waals surface area (Å²) < 4.78 is 0. The van der Waals surface area contributed by atoms with Crippen LogP contribution in [-0.4, -0.2) is 45.7 Å². The smallest absolute Gasteiger partial charge is 0.242 e. The van der Waals surface area contributed by atoms with Crippen molar-refractivity contribution in [2.75, 3.05) is 13.1 Å². The minimum Gasteiger partial charge on any atom is -0.361 e. The van der Waals surface area contributed by atoms with Crippen LogP contribution >= 0.6 is 0 Å². The molecule has 3 aromatic rings. The number of hydrogen-bond acceptors (Lipinski definition) is 2. The van der Waals surface area contributed by atoms with E-state index < -0.39 is 0 Å². The number of benzene rings is 2. The van der Waals surface area contributed by atoms with Crippen molar-refractivity contribution >= 4 is 22.7 Å². The zero-order valence-electron chi connectivity index (χ0n) is 20.9. The van der Waals surface area contributed by atoms with Gasteiger partial charge in [-0.15, -0.1) is 0 Å². The molecule has 2 aromatic carbocycles. The Morgan fingerprint density at radius 2 is 1.71 bits per heavy atom. The second kappa shape index (κ2) is 10.0. The number of amides is 2. The van der Waals surface area contributed by atoms with Gasteiger partial charge in [-0.25, -0.2) is 0 Å². The van der Waals surface area contributed by atoms with Crippen molar-refractivity contribution in [2.45, 2.75) is 66.0 Å². The summed E-state index contributed by atoms with van der Waals surface area (Å²) in [5, 5.41) is 1.20. The summed E-state index contributed by atoms with van der Waals surface area (Å²) in [4.78, 5) is 33.7. The lowest BCUT2D eigenvalue weighted by Crippen LogP contribution is -2.45. The molecule has 1 aromatic heterocycles. The lowest BCUT2D eigenvalue weighted by atomic mass is 9.91. The molecule has 5 nitrogen and oxygen atoms in total. The highest BCUT2D eigenvalue weighted by Crippen LogP contribution is 2.30. The van der Waals surface area contributed by atoms with Crippen LogP contribution in [0, 0.1) is 12.3 Å². The third-order valence-electron chi connectivity index (χ3n) is 6.47. The van der Waals surface area contributed by atoms with Crippen LogP contribution in [-0.2, 0) is 22.6 Å². The first kappa shape index (κ1) is 24.1. The van der Waals surface area contributed by atoms with Crippen LogP contribution in [0.2, 0.25) is 0 Å². The minimum atomic E-state index is -0.0931. The fraction of sp³-hybridized carbons (Fsp3) is 0.448. The Hall–Kier alpha value is -3.08. The monoisotopic (exact) mass is 459 g/mol. The molecule has 0 spiro atoms. The number of fused-ring (bicyclic) bond motifs is 1. The number of nitrogens with zero attached hydrogens (tertiary/aromatic N) is 2. The Balaban J connectivity index is 1.50. The van der Waals surface area contributed by atoms with Gasteiger partial charge in [-0.05, 0) is 48.8 Å². The molecule has 1 aliphatic carbocycles. The fourth-order valence-corrected chi connectivity index (χ4v) is 4.41. The van der Waals surface area contributed by atoms with Crippen molar-refractivity contribution in [1.82, 2.24) is 14.8 Å². The highest BCUT2D eigenvalue weighted by atomic mass is 16.2. The van der Waals surface area contributed by atoms with Crippen molar-refractivity contribution in [2.24, 2.45) is 5.41 Å². The summed E-state index contributed by atoms with van der Waals surface area (Å²) in [7, 11) is 0. The Labute approximate surface area is 203 Å². The summed E-state index contributed by atoms with van der Waals surface area (Å²) >= 11 is 0. The summed E-state index contributed by atoms with van der Waals surface area (Å²) in [5.74, 6) is 0.116. The van der Waals surface area contributed by atoms with Crippen molar-refractivity contribution in [3.63, 3.8) is 0 Å². The zero-order chi connectivity index (χ0) is 24.3. The van der Waals surface area contributed by atoms with Crippen molar-refractivity contribution < 1.29 is 9.59 Å². The lowest BCUT2D eigenvalue weighted by molar-refractivity contribution is -0.142. The Kier molecular flexibility index (Phi) is 7.11. The van der Waals surface area contributed by atoms with Crippen LogP contribution < -0.4 is 0 Å². The fourth-order valence-electron chi connectivity index (χ4n) is 4.41. The number of rotatable bonds is 9. The molecule has 0 saturated heterocycles. The molecular formula is C29H37N3O2. The zero-order valence-corrected chi connectivity index (χ0v) is 20.9. The van der Waals surface area contributed by atoms with E-state index in [0.29, 0.717) is 19.5 Å². The van der Waals surface area contributed by atoms with Crippen LogP contribution in [0.3, 0.4) is 0 Å². The van der Waals surface area contributed by atoms with Gasteiger partial charge in [0.05, 0.1) is 0 Å². The molecule has 0 unspecified atom stereocenters. The van der Waals surface area contributed by atoms with Crippen LogP contribution in [0.15, 0.2) is 54.7 Å². The van der Waals surface area contributed by atoms with E-state index in [-0.39, 0.29) is 29.8 Å². The first-order valence-electron chi connectivity index (χ1n) is 12.4. The molecule has 1 saturated carbocycles. The van der Waals surface area contributed by atoms with Crippen molar-refractivity contribution in [1.29, 1.82) is 0 Å². The molecule has 4 rings (SSSR count). The van der Waals surface area contributed by atoms with Crippen molar-refractivity contribution in [3.8, 4) is 0 Å². The predicted octanol–water partition coefficient (Wildman–Crippen LogP) is 5.47. The van der Waals surface area contributed by atoms with E-state index in [1.54, 1.807) is 0 Å². The topological polar surface area (TPSA) is 56.4 Å². The highest BCUT2D eigenvalue weighted by molar-refractivity contribution is 5.86. The molecule has 1 N–H and O–H groups in total. The van der Waals surface area contributed by atoms with E-state index in [1.807, 2.05) is 28.1 Å². The van der Waals surface area contributed by atoms with E-state index in [1.165, 1.54) is 16.5 Å². The number of H-pyrrole nitrogens is 1. The molecule has 1 fully saturated rings. The molecule has 1 aliphatic rings. The number of aromatic amines is 1. The molecular weight excluding hydrogens is 422 g/mol. The largest absolute Gasteiger partial charge is 0.361 e. The van der Waals surface area contributed by atoms with Crippen LogP contribution in [0.5, 0.6) is 0 Å². The van der Waals surface area contributed by atoms with Gasteiger partial charge in [0.1, 0.15) is 6.54 Å². The first-order valence-corrected chi connectivity index (χ1v) is 12.4. The second-order valence-electron chi connectivity index (χ2n) is 10.9. The van der Waals surface area contributed by atoms with E-state index in [9.17, 15) is 9.59 Å². The summed E-state index contributed by atoms with van der Waals surface area (Å²) in [6.07, 6.45) is 5.26. The van der Waals surface area contributed by atoms with Gasteiger partial charge in [0.25, 0.3) is 0 Å². The van der Waals surface area contributed by atoms with Crippen LogP contribution in [0.25, 0.3) is 10.9 Å². The molecule has 5 heteroatoms. The third-order valence-corrected chi connectivity index (χ3v) is 6.47. The Bertz CT molecular complexity index is 1140. The van der Waals surface area contributed by atoms with Gasteiger partial charge >= 0.3 is 0 Å². The molecule has 1 heterocycles. The highest BCUT2D eigenvalue weighted by Gasteiger charge is 2.36. The number of aryl methyl sites for hydroxylation is 1. The van der Waals surface area contributed by atoms with E-state index in [0.717, 1.165) is 30.3 Å². The third kappa shape index (κ3) is 6.28. The van der Waals surface area contributed by atoms with Gasteiger partial charge in [-0.2, -0.15) is 0 Å². The number of nitrogens with one attached hydrogen (secondary N) is 1. The molecule has 0 aliphatic heterocycles.